The summed E-state index contributed by atoms with van der Waals surface area (Å²) in [7, 11) is 1.63. The largest absolute Gasteiger partial charge is 0.490 e. The molecule has 1 saturated carbocycles. The Morgan fingerprint density at radius 3 is 2.85 bits per heavy atom. The predicted molar refractivity (Wildman–Crippen MR) is 126 cm³/mol. The van der Waals surface area contributed by atoms with Crippen LogP contribution in [0.1, 0.15) is 34.5 Å². The van der Waals surface area contributed by atoms with Crippen LogP contribution in [0.4, 0.5) is 4.39 Å². The van der Waals surface area contributed by atoms with E-state index >= 15 is 4.39 Å². The highest BCUT2D eigenvalue weighted by Gasteiger charge is 2.27. The van der Waals surface area contributed by atoms with Gasteiger partial charge in [0.25, 0.3) is 5.91 Å². The molecule has 0 unspecified atom stereocenters. The SMILES string of the molecule is CN(Cc1cnc(CO)c2cn[nH]c12)C(=O)c1cc(F)c(-c2cccc(Cl)c2)c(OC2CC2)c1. The number of aromatic nitrogens is 3. The summed E-state index contributed by atoms with van der Waals surface area (Å²) in [6, 6.07) is 9.72. The minimum atomic E-state index is -0.554. The third kappa shape index (κ3) is 4.34. The van der Waals surface area contributed by atoms with Crippen molar-refractivity contribution in [2.45, 2.75) is 32.1 Å². The fraction of sp³-hybridized carbons (Fsp3) is 0.240. The number of aliphatic hydroxyl groups is 1. The number of carbonyl (C=O) groups excluding carboxylic acids is 1. The third-order valence-corrected chi connectivity index (χ3v) is 6.02. The third-order valence-electron chi connectivity index (χ3n) is 5.78. The fourth-order valence-electron chi connectivity index (χ4n) is 3.92. The molecule has 1 fully saturated rings. The first kappa shape index (κ1) is 22.3. The number of nitrogens with one attached hydrogen (secondary N) is 1. The van der Waals surface area contributed by atoms with Crippen LogP contribution >= 0.6 is 11.6 Å². The summed E-state index contributed by atoms with van der Waals surface area (Å²) in [6.45, 7) is -0.000178. The summed E-state index contributed by atoms with van der Waals surface area (Å²) in [6.07, 6.45) is 4.99. The number of fused-ring (bicyclic) bond motifs is 1. The van der Waals surface area contributed by atoms with E-state index in [0.29, 0.717) is 32.9 Å². The number of carbonyl (C=O) groups is 1. The lowest BCUT2D eigenvalue weighted by molar-refractivity contribution is 0.0784. The van der Waals surface area contributed by atoms with Crippen LogP contribution in [0.15, 0.2) is 48.8 Å². The van der Waals surface area contributed by atoms with Crippen LogP contribution in [0.25, 0.3) is 22.0 Å². The molecule has 0 saturated heterocycles. The Balaban J connectivity index is 1.47. The number of aromatic amines is 1. The van der Waals surface area contributed by atoms with Gasteiger partial charge in [-0.2, -0.15) is 5.10 Å². The topological polar surface area (TPSA) is 91.3 Å². The molecule has 2 aromatic carbocycles. The van der Waals surface area contributed by atoms with Crippen molar-refractivity contribution in [1.82, 2.24) is 20.1 Å². The average Bonchev–Trinajstić information content (AvgIpc) is 3.49. The van der Waals surface area contributed by atoms with Crippen molar-refractivity contribution in [2.24, 2.45) is 0 Å². The number of ether oxygens (including phenoxy) is 1. The highest BCUT2D eigenvalue weighted by Crippen LogP contribution is 2.38. The number of H-pyrrole nitrogens is 1. The van der Waals surface area contributed by atoms with E-state index < -0.39 is 5.82 Å². The molecule has 2 aromatic heterocycles. The van der Waals surface area contributed by atoms with Crippen LogP contribution < -0.4 is 4.74 Å². The number of hydrogen-bond donors (Lipinski definition) is 2. The molecule has 174 valence electrons. The van der Waals surface area contributed by atoms with Gasteiger partial charge in [-0.15, -0.1) is 0 Å². The summed E-state index contributed by atoms with van der Waals surface area (Å²) >= 11 is 6.12. The summed E-state index contributed by atoms with van der Waals surface area (Å²) < 4.78 is 21.4. The lowest BCUT2D eigenvalue weighted by atomic mass is 10.0. The quantitative estimate of drug-likeness (QED) is 0.399. The van der Waals surface area contributed by atoms with Crippen LogP contribution in [-0.4, -0.2) is 44.2 Å². The fourth-order valence-corrected chi connectivity index (χ4v) is 4.11. The van der Waals surface area contributed by atoms with Crippen molar-refractivity contribution in [3.05, 3.63) is 76.5 Å². The molecule has 7 nitrogen and oxygen atoms in total. The molecule has 5 rings (SSSR count). The lowest BCUT2D eigenvalue weighted by Crippen LogP contribution is -2.26. The number of amides is 1. The van der Waals surface area contributed by atoms with Crippen LogP contribution in [0.3, 0.4) is 0 Å². The second-order valence-corrected chi connectivity index (χ2v) is 8.80. The molecule has 1 aliphatic carbocycles. The van der Waals surface area contributed by atoms with E-state index in [-0.39, 0.29) is 36.3 Å². The summed E-state index contributed by atoms with van der Waals surface area (Å²) in [5, 5.41) is 17.6. The number of aliphatic hydroxyl groups excluding tert-OH is 1. The smallest absolute Gasteiger partial charge is 0.254 e. The first-order valence-corrected chi connectivity index (χ1v) is 11.2. The molecule has 0 spiro atoms. The van der Waals surface area contributed by atoms with Gasteiger partial charge in [0.2, 0.25) is 0 Å². The molecule has 4 aromatic rings. The van der Waals surface area contributed by atoms with Gasteiger partial charge in [-0.05, 0) is 42.7 Å². The normalized spacial score (nSPS) is 13.3. The Labute approximate surface area is 200 Å². The first-order valence-electron chi connectivity index (χ1n) is 10.9. The Morgan fingerprint density at radius 1 is 1.29 bits per heavy atom. The molecule has 9 heteroatoms. The lowest BCUT2D eigenvalue weighted by Gasteiger charge is -2.20. The zero-order valence-corrected chi connectivity index (χ0v) is 19.1. The van der Waals surface area contributed by atoms with Crippen LogP contribution in [-0.2, 0) is 13.2 Å². The van der Waals surface area contributed by atoms with Gasteiger partial charge in [0.15, 0.2) is 0 Å². The minimum Gasteiger partial charge on any atom is -0.490 e. The highest BCUT2D eigenvalue weighted by atomic mass is 35.5. The van der Waals surface area contributed by atoms with E-state index in [0.717, 1.165) is 18.4 Å². The van der Waals surface area contributed by atoms with E-state index in [9.17, 15) is 9.90 Å². The molecule has 2 N–H and O–H groups in total. The number of benzene rings is 2. The van der Waals surface area contributed by atoms with E-state index in [4.69, 9.17) is 16.3 Å². The van der Waals surface area contributed by atoms with Gasteiger partial charge in [-0.25, -0.2) is 4.39 Å². The second kappa shape index (κ2) is 9.04. The maximum absolute atomic E-state index is 15.4. The number of pyridine rings is 1. The summed E-state index contributed by atoms with van der Waals surface area (Å²) in [5.74, 6) is -0.593. The Bertz CT molecular complexity index is 1390. The Hall–Kier alpha value is -3.49. The molecular weight excluding hydrogens is 459 g/mol. The summed E-state index contributed by atoms with van der Waals surface area (Å²) in [5.41, 5.74) is 2.98. The van der Waals surface area contributed by atoms with Gasteiger partial charge in [-0.1, -0.05) is 23.7 Å². The van der Waals surface area contributed by atoms with E-state index in [1.807, 2.05) is 0 Å². The molecular formula is C25H22ClFN4O3. The van der Waals surface area contributed by atoms with Crippen molar-refractivity contribution in [1.29, 1.82) is 0 Å². The Kier molecular flexibility index (Phi) is 5.93. The molecule has 1 amide bonds. The van der Waals surface area contributed by atoms with Gasteiger partial charge in [0.1, 0.15) is 11.6 Å². The van der Waals surface area contributed by atoms with Crippen LogP contribution in [0.2, 0.25) is 5.02 Å². The van der Waals surface area contributed by atoms with E-state index in [1.54, 1.807) is 49.8 Å². The number of hydrogen-bond acceptors (Lipinski definition) is 5. The molecule has 0 aliphatic heterocycles. The zero-order chi connectivity index (χ0) is 23.8. The maximum Gasteiger partial charge on any atom is 0.254 e. The zero-order valence-electron chi connectivity index (χ0n) is 18.4. The van der Waals surface area contributed by atoms with Crippen molar-refractivity contribution < 1.29 is 19.0 Å². The monoisotopic (exact) mass is 480 g/mol. The van der Waals surface area contributed by atoms with Gasteiger partial charge < -0.3 is 14.7 Å². The second-order valence-electron chi connectivity index (χ2n) is 8.37. The van der Waals surface area contributed by atoms with Crippen molar-refractivity contribution >= 4 is 28.4 Å². The molecule has 1 aliphatic rings. The Morgan fingerprint density at radius 2 is 2.12 bits per heavy atom. The maximum atomic E-state index is 15.4. The molecule has 34 heavy (non-hydrogen) atoms. The first-order chi connectivity index (χ1) is 16.4. The van der Waals surface area contributed by atoms with Gasteiger partial charge >= 0.3 is 0 Å². The molecule has 0 bridgehead atoms. The van der Waals surface area contributed by atoms with E-state index in [1.165, 1.54) is 11.0 Å². The number of halogens is 2. The van der Waals surface area contributed by atoms with Gasteiger partial charge in [-0.3, -0.25) is 14.9 Å². The minimum absolute atomic E-state index is 0.0187. The molecule has 0 atom stereocenters. The van der Waals surface area contributed by atoms with Crippen LogP contribution in [0, 0.1) is 5.82 Å². The molecule has 2 heterocycles. The van der Waals surface area contributed by atoms with Crippen molar-refractivity contribution in [3.8, 4) is 16.9 Å². The van der Waals surface area contributed by atoms with Crippen molar-refractivity contribution in [2.75, 3.05) is 7.05 Å². The number of nitrogens with zero attached hydrogens (tertiary/aromatic N) is 3. The van der Waals surface area contributed by atoms with Gasteiger partial charge in [0.05, 0.1) is 35.7 Å². The molecule has 0 radical (unpaired) electrons. The standard InChI is InChI=1S/C25H22ClFN4O3/c1-31(12-16-10-28-21(13-32)19-11-29-30-24(16)19)25(33)15-8-20(27)23(14-3-2-4-17(26)7-14)22(9-15)34-18-5-6-18/h2-4,7-11,18,32H,5-6,12-13H2,1H3,(H,29,30). The van der Waals surface area contributed by atoms with E-state index in [2.05, 4.69) is 15.2 Å². The van der Waals surface area contributed by atoms with Gasteiger partial charge in [0, 0.05) is 41.3 Å². The number of rotatable bonds is 7. The summed E-state index contributed by atoms with van der Waals surface area (Å²) in [4.78, 5) is 19.0. The average molecular weight is 481 g/mol. The van der Waals surface area contributed by atoms with Crippen LogP contribution in [0.5, 0.6) is 5.75 Å². The van der Waals surface area contributed by atoms with Crippen molar-refractivity contribution in [3.63, 3.8) is 0 Å². The predicted octanol–water partition coefficient (Wildman–Crippen LogP) is 4.72. The highest BCUT2D eigenvalue weighted by molar-refractivity contribution is 6.30.